The maximum Gasteiger partial charge on any atom is 0.267 e. The molecular weight excluding hydrogens is 357 g/mol. The van der Waals surface area contributed by atoms with Crippen molar-refractivity contribution in [2.24, 2.45) is 11.1 Å². The van der Waals surface area contributed by atoms with Crippen LogP contribution in [0.1, 0.15) is 41.4 Å². The Kier molecular flexibility index (Phi) is 6.75. The number of aryl methyl sites for hydroxylation is 1. The van der Waals surface area contributed by atoms with Gasteiger partial charge >= 0.3 is 0 Å². The summed E-state index contributed by atoms with van der Waals surface area (Å²) >= 11 is 0. The minimum atomic E-state index is -0.494. The van der Waals surface area contributed by atoms with E-state index in [-0.39, 0.29) is 11.2 Å². The second-order valence-electron chi connectivity index (χ2n) is 7.60. The number of carbonyl (C=O) groups is 1. The molecule has 1 aliphatic rings. The molecule has 0 spiro atoms. The zero-order chi connectivity index (χ0) is 20.0. The number of rotatable bonds is 9. The lowest BCUT2D eigenvalue weighted by molar-refractivity contribution is 0.0489. The van der Waals surface area contributed by atoms with Crippen LogP contribution >= 0.6 is 0 Å². The van der Waals surface area contributed by atoms with Gasteiger partial charge in [-0.05, 0) is 62.1 Å². The van der Waals surface area contributed by atoms with E-state index >= 15 is 0 Å². The van der Waals surface area contributed by atoms with Gasteiger partial charge in [-0.15, -0.1) is 0 Å². The molecule has 5 nitrogen and oxygen atoms in total. The third-order valence-corrected chi connectivity index (χ3v) is 5.51. The first-order valence-corrected chi connectivity index (χ1v) is 9.79. The minimum absolute atomic E-state index is 0.0551. The molecule has 1 fully saturated rings. The maximum atomic E-state index is 13.2. The van der Waals surface area contributed by atoms with Crippen molar-refractivity contribution in [2.75, 3.05) is 26.3 Å². The zero-order valence-electron chi connectivity index (χ0n) is 16.4. The van der Waals surface area contributed by atoms with E-state index in [2.05, 4.69) is 9.88 Å². The molecule has 2 aromatic rings. The number of carbonyl (C=O) groups excluding carboxylic acids is 1. The molecule has 1 atom stereocenters. The smallest absolute Gasteiger partial charge is 0.267 e. The Labute approximate surface area is 165 Å². The van der Waals surface area contributed by atoms with Crippen LogP contribution in [0.3, 0.4) is 0 Å². The lowest BCUT2D eigenvalue weighted by atomic mass is 9.82. The van der Waals surface area contributed by atoms with Crippen LogP contribution in [0.2, 0.25) is 0 Å². The predicted octanol–water partition coefficient (Wildman–Crippen LogP) is 3.18. The molecule has 150 valence electrons. The van der Waals surface area contributed by atoms with E-state index in [9.17, 15) is 9.18 Å². The monoisotopic (exact) mass is 385 g/mol. The molecular formula is C22H28FN3O2. The third-order valence-electron chi connectivity index (χ3n) is 5.51. The minimum Gasteiger partial charge on any atom is -0.381 e. The Balaban J connectivity index is 1.67. The number of nitrogens with zero attached hydrogens (tertiary/aromatic N) is 2. The summed E-state index contributed by atoms with van der Waals surface area (Å²) in [6.07, 6.45) is 4.49. The van der Waals surface area contributed by atoms with E-state index in [1.165, 1.54) is 12.1 Å². The highest BCUT2D eigenvalue weighted by molar-refractivity contribution is 5.92. The molecule has 1 aromatic carbocycles. The molecule has 0 radical (unpaired) electrons. The number of likely N-dealkylation sites (tertiary alicyclic amines) is 1. The number of halogens is 1. The maximum absolute atomic E-state index is 13.2. The summed E-state index contributed by atoms with van der Waals surface area (Å²) in [5.74, 6) is -0.701. The van der Waals surface area contributed by atoms with Gasteiger partial charge in [0.2, 0.25) is 0 Å². The van der Waals surface area contributed by atoms with Gasteiger partial charge in [0.25, 0.3) is 5.91 Å². The number of hydrogen-bond donors (Lipinski definition) is 1. The van der Waals surface area contributed by atoms with E-state index < -0.39 is 5.91 Å². The molecule has 28 heavy (non-hydrogen) atoms. The average Bonchev–Trinajstić information content (AvgIpc) is 3.09. The highest BCUT2D eigenvalue weighted by Crippen LogP contribution is 2.36. The van der Waals surface area contributed by atoms with Gasteiger partial charge in [-0.2, -0.15) is 0 Å². The topological polar surface area (TPSA) is 68.4 Å². The van der Waals surface area contributed by atoms with Crippen LogP contribution in [-0.4, -0.2) is 42.1 Å². The van der Waals surface area contributed by atoms with Crippen molar-refractivity contribution >= 4 is 5.91 Å². The van der Waals surface area contributed by atoms with Crippen molar-refractivity contribution in [3.8, 4) is 0 Å². The van der Waals surface area contributed by atoms with Crippen molar-refractivity contribution < 1.29 is 13.9 Å². The summed E-state index contributed by atoms with van der Waals surface area (Å²) in [6, 6.07) is 10.5. The SMILES string of the molecule is CCOC[C@]1(CCc2ccc(F)cc2)CCN(Cc2cccnc2C(N)=O)C1. The van der Waals surface area contributed by atoms with Gasteiger partial charge in [0.15, 0.2) is 0 Å². The van der Waals surface area contributed by atoms with Crippen LogP contribution in [0.4, 0.5) is 4.39 Å². The van der Waals surface area contributed by atoms with E-state index in [1.54, 1.807) is 6.20 Å². The number of amides is 1. The number of primary amides is 1. The standard InChI is InChI=1S/C22H28FN3O2/c1-2-28-16-22(10-9-17-5-7-19(23)8-6-17)11-13-26(15-22)14-18-4-3-12-25-20(18)21(24)27/h3-8,12H,2,9-11,13-16H2,1H3,(H2,24,27)/t22-/m1/s1. The van der Waals surface area contributed by atoms with E-state index in [1.807, 2.05) is 31.2 Å². The van der Waals surface area contributed by atoms with Crippen LogP contribution in [-0.2, 0) is 17.7 Å². The first-order valence-electron chi connectivity index (χ1n) is 9.79. The summed E-state index contributed by atoms with van der Waals surface area (Å²) < 4.78 is 19.0. The second kappa shape index (κ2) is 9.26. The molecule has 1 saturated heterocycles. The van der Waals surface area contributed by atoms with Crippen LogP contribution in [0.5, 0.6) is 0 Å². The highest BCUT2D eigenvalue weighted by atomic mass is 19.1. The molecule has 1 aromatic heterocycles. The molecule has 2 N–H and O–H groups in total. The molecule has 0 saturated carbocycles. The lowest BCUT2D eigenvalue weighted by Crippen LogP contribution is -2.32. The fourth-order valence-electron chi connectivity index (χ4n) is 3.96. The third kappa shape index (κ3) is 5.14. The largest absolute Gasteiger partial charge is 0.381 e. The fourth-order valence-corrected chi connectivity index (χ4v) is 3.96. The first-order chi connectivity index (χ1) is 13.5. The van der Waals surface area contributed by atoms with Crippen LogP contribution in [0.15, 0.2) is 42.6 Å². The number of pyridine rings is 1. The average molecular weight is 385 g/mol. The van der Waals surface area contributed by atoms with Crippen LogP contribution in [0.25, 0.3) is 0 Å². The summed E-state index contributed by atoms with van der Waals surface area (Å²) in [7, 11) is 0. The molecule has 0 unspecified atom stereocenters. The van der Waals surface area contributed by atoms with Crippen molar-refractivity contribution in [1.82, 2.24) is 9.88 Å². The number of nitrogens with two attached hydrogens (primary N) is 1. The quantitative estimate of drug-likeness (QED) is 0.720. The summed E-state index contributed by atoms with van der Waals surface area (Å²) in [4.78, 5) is 18.1. The van der Waals surface area contributed by atoms with Gasteiger partial charge in [0, 0.05) is 31.3 Å². The molecule has 0 bridgehead atoms. The molecule has 2 heterocycles. The van der Waals surface area contributed by atoms with Crippen molar-refractivity contribution in [1.29, 1.82) is 0 Å². The van der Waals surface area contributed by atoms with Gasteiger partial charge in [-0.25, -0.2) is 4.39 Å². The Morgan fingerprint density at radius 3 is 2.82 bits per heavy atom. The van der Waals surface area contributed by atoms with Crippen LogP contribution in [0, 0.1) is 11.2 Å². The normalized spacial score (nSPS) is 19.8. The summed E-state index contributed by atoms with van der Waals surface area (Å²) in [5, 5.41) is 0. The summed E-state index contributed by atoms with van der Waals surface area (Å²) in [5.41, 5.74) is 7.86. The molecule has 0 aliphatic carbocycles. The zero-order valence-corrected chi connectivity index (χ0v) is 16.4. The van der Waals surface area contributed by atoms with Gasteiger partial charge in [-0.1, -0.05) is 18.2 Å². The Morgan fingerprint density at radius 1 is 1.32 bits per heavy atom. The number of aromatic nitrogens is 1. The van der Waals surface area contributed by atoms with Crippen molar-refractivity contribution in [3.63, 3.8) is 0 Å². The Bertz CT molecular complexity index is 797. The molecule has 1 aliphatic heterocycles. The number of benzene rings is 1. The Morgan fingerprint density at radius 2 is 2.11 bits per heavy atom. The molecule has 3 rings (SSSR count). The summed E-state index contributed by atoms with van der Waals surface area (Å²) in [6.45, 7) is 5.88. The van der Waals surface area contributed by atoms with E-state index in [0.29, 0.717) is 25.5 Å². The highest BCUT2D eigenvalue weighted by Gasteiger charge is 2.38. The van der Waals surface area contributed by atoms with Gasteiger partial charge in [0.05, 0.1) is 6.61 Å². The second-order valence-corrected chi connectivity index (χ2v) is 7.60. The molecule has 6 heteroatoms. The van der Waals surface area contributed by atoms with Gasteiger partial charge in [-0.3, -0.25) is 14.7 Å². The van der Waals surface area contributed by atoms with Crippen molar-refractivity contribution in [3.05, 3.63) is 65.2 Å². The number of hydrogen-bond acceptors (Lipinski definition) is 4. The molecule has 1 amide bonds. The van der Waals surface area contributed by atoms with Gasteiger partial charge in [0.1, 0.15) is 11.5 Å². The van der Waals surface area contributed by atoms with E-state index in [4.69, 9.17) is 10.5 Å². The predicted molar refractivity (Wildman–Crippen MR) is 106 cm³/mol. The lowest BCUT2D eigenvalue weighted by Gasteiger charge is -2.29. The van der Waals surface area contributed by atoms with E-state index in [0.717, 1.165) is 43.5 Å². The van der Waals surface area contributed by atoms with Crippen molar-refractivity contribution in [2.45, 2.75) is 32.7 Å². The van der Waals surface area contributed by atoms with Crippen LogP contribution < -0.4 is 5.73 Å². The number of ether oxygens (including phenoxy) is 1. The fraction of sp³-hybridized carbons (Fsp3) is 0.455. The van der Waals surface area contributed by atoms with Gasteiger partial charge < -0.3 is 10.5 Å². The Hall–Kier alpha value is -2.31. The first kappa shape index (κ1) is 20.4.